The van der Waals surface area contributed by atoms with E-state index in [2.05, 4.69) is 35.2 Å². The molecule has 1 aromatic carbocycles. The van der Waals surface area contributed by atoms with Crippen LogP contribution in [0.4, 0.5) is 11.5 Å². The average Bonchev–Trinajstić information content (AvgIpc) is 2.91. The largest absolute Gasteiger partial charge is 0.369 e. The standard InChI is InChI=1S/C18H22N4O/c1-3-4-9-19-17-12-20-15(11-21-17)18(23)22-13(2)10-14-7-5-6-8-16(14)22/h5-8,11-13H,3-4,9-10H2,1-2H3,(H,19,21). The molecule has 1 aromatic heterocycles. The Kier molecular flexibility index (Phi) is 4.55. The number of anilines is 2. The summed E-state index contributed by atoms with van der Waals surface area (Å²) in [5, 5.41) is 3.21. The van der Waals surface area contributed by atoms with Crippen LogP contribution in [0.2, 0.25) is 0 Å². The number of fused-ring (bicyclic) bond motifs is 1. The second-order valence-electron chi connectivity index (χ2n) is 5.92. The second-order valence-corrected chi connectivity index (χ2v) is 5.92. The number of benzene rings is 1. The molecule has 0 fully saturated rings. The number of nitrogens with zero attached hydrogens (tertiary/aromatic N) is 3. The lowest BCUT2D eigenvalue weighted by atomic mass is 10.1. The SMILES string of the molecule is CCCCNc1cnc(C(=O)N2c3ccccc3CC2C)cn1. The van der Waals surface area contributed by atoms with Crippen LogP contribution >= 0.6 is 0 Å². The third kappa shape index (κ3) is 3.18. The molecule has 0 saturated heterocycles. The smallest absolute Gasteiger partial charge is 0.278 e. The van der Waals surface area contributed by atoms with Crippen LogP contribution in [0.5, 0.6) is 0 Å². The zero-order valence-electron chi connectivity index (χ0n) is 13.6. The van der Waals surface area contributed by atoms with Gasteiger partial charge in [0.25, 0.3) is 5.91 Å². The number of aromatic nitrogens is 2. The lowest BCUT2D eigenvalue weighted by molar-refractivity contribution is 0.0976. The molecule has 1 aliphatic heterocycles. The Bertz CT molecular complexity index is 684. The molecule has 1 N–H and O–H groups in total. The van der Waals surface area contributed by atoms with Crippen LogP contribution in [-0.4, -0.2) is 28.5 Å². The van der Waals surface area contributed by atoms with Crippen molar-refractivity contribution in [3.05, 3.63) is 47.9 Å². The minimum Gasteiger partial charge on any atom is -0.369 e. The van der Waals surface area contributed by atoms with Gasteiger partial charge in [-0.25, -0.2) is 9.97 Å². The van der Waals surface area contributed by atoms with Gasteiger partial charge in [0.05, 0.1) is 12.4 Å². The molecule has 1 atom stereocenters. The maximum Gasteiger partial charge on any atom is 0.278 e. The van der Waals surface area contributed by atoms with E-state index in [1.807, 2.05) is 23.1 Å². The van der Waals surface area contributed by atoms with Crippen molar-refractivity contribution in [2.75, 3.05) is 16.8 Å². The minimum atomic E-state index is -0.0879. The first kappa shape index (κ1) is 15.5. The van der Waals surface area contributed by atoms with Crippen molar-refractivity contribution in [2.45, 2.75) is 39.2 Å². The van der Waals surface area contributed by atoms with Gasteiger partial charge in [-0.05, 0) is 31.4 Å². The lowest BCUT2D eigenvalue weighted by Gasteiger charge is -2.22. The van der Waals surface area contributed by atoms with E-state index in [4.69, 9.17) is 0 Å². The first-order valence-corrected chi connectivity index (χ1v) is 8.18. The van der Waals surface area contributed by atoms with Gasteiger partial charge in [-0.15, -0.1) is 0 Å². The molecule has 23 heavy (non-hydrogen) atoms. The highest BCUT2D eigenvalue weighted by Gasteiger charge is 2.31. The summed E-state index contributed by atoms with van der Waals surface area (Å²) < 4.78 is 0. The minimum absolute atomic E-state index is 0.0879. The first-order valence-electron chi connectivity index (χ1n) is 8.18. The number of unbranched alkanes of at least 4 members (excludes halogenated alkanes) is 1. The molecule has 0 bridgehead atoms. The molecule has 5 heteroatoms. The summed E-state index contributed by atoms with van der Waals surface area (Å²) in [6, 6.07) is 8.18. The summed E-state index contributed by atoms with van der Waals surface area (Å²) in [6.07, 6.45) is 6.29. The normalized spacial score (nSPS) is 16.3. The van der Waals surface area contributed by atoms with Gasteiger partial charge in [0.2, 0.25) is 0 Å². The zero-order chi connectivity index (χ0) is 16.2. The van der Waals surface area contributed by atoms with E-state index in [1.54, 1.807) is 12.4 Å². The Morgan fingerprint density at radius 2 is 2.13 bits per heavy atom. The van der Waals surface area contributed by atoms with Crippen LogP contribution in [0.3, 0.4) is 0 Å². The number of hydrogen-bond donors (Lipinski definition) is 1. The van der Waals surface area contributed by atoms with E-state index in [0.717, 1.165) is 31.5 Å². The van der Waals surface area contributed by atoms with Crippen LogP contribution < -0.4 is 10.2 Å². The number of para-hydroxylation sites is 1. The van der Waals surface area contributed by atoms with Crippen molar-refractivity contribution in [1.29, 1.82) is 0 Å². The summed E-state index contributed by atoms with van der Waals surface area (Å²) in [5.41, 5.74) is 2.57. The third-order valence-electron chi connectivity index (χ3n) is 4.13. The van der Waals surface area contributed by atoms with Crippen molar-refractivity contribution in [3.63, 3.8) is 0 Å². The van der Waals surface area contributed by atoms with E-state index in [1.165, 1.54) is 5.56 Å². The number of rotatable bonds is 5. The van der Waals surface area contributed by atoms with Crippen molar-refractivity contribution < 1.29 is 4.79 Å². The second kappa shape index (κ2) is 6.77. The van der Waals surface area contributed by atoms with E-state index >= 15 is 0 Å². The molecule has 5 nitrogen and oxygen atoms in total. The van der Waals surface area contributed by atoms with E-state index < -0.39 is 0 Å². The Morgan fingerprint density at radius 1 is 1.30 bits per heavy atom. The van der Waals surface area contributed by atoms with E-state index in [0.29, 0.717) is 11.5 Å². The highest BCUT2D eigenvalue weighted by atomic mass is 16.2. The predicted molar refractivity (Wildman–Crippen MR) is 91.8 cm³/mol. The molecule has 0 radical (unpaired) electrons. The number of carbonyl (C=O) groups is 1. The molecule has 120 valence electrons. The molecular weight excluding hydrogens is 288 g/mol. The maximum atomic E-state index is 12.8. The number of hydrogen-bond acceptors (Lipinski definition) is 4. The Labute approximate surface area is 136 Å². The highest BCUT2D eigenvalue weighted by Crippen LogP contribution is 2.32. The summed E-state index contributed by atoms with van der Waals surface area (Å²) >= 11 is 0. The van der Waals surface area contributed by atoms with Gasteiger partial charge in [-0.3, -0.25) is 4.79 Å². The van der Waals surface area contributed by atoms with Crippen LogP contribution in [0.1, 0.15) is 42.7 Å². The van der Waals surface area contributed by atoms with Crippen LogP contribution in [0, 0.1) is 0 Å². The summed E-state index contributed by atoms with van der Waals surface area (Å²) in [7, 11) is 0. The van der Waals surface area contributed by atoms with Gasteiger partial charge in [-0.1, -0.05) is 31.5 Å². The zero-order valence-corrected chi connectivity index (χ0v) is 13.6. The molecule has 0 aliphatic carbocycles. The molecule has 3 rings (SSSR count). The van der Waals surface area contributed by atoms with Gasteiger partial charge in [0.1, 0.15) is 11.5 Å². The van der Waals surface area contributed by atoms with Crippen LogP contribution in [-0.2, 0) is 6.42 Å². The maximum absolute atomic E-state index is 12.8. The molecule has 0 spiro atoms. The average molecular weight is 310 g/mol. The van der Waals surface area contributed by atoms with Gasteiger partial charge in [0, 0.05) is 18.3 Å². The molecule has 1 aliphatic rings. The summed E-state index contributed by atoms with van der Waals surface area (Å²) in [5.74, 6) is 0.625. The summed E-state index contributed by atoms with van der Waals surface area (Å²) in [4.78, 5) is 23.2. The number of nitrogens with one attached hydrogen (secondary N) is 1. The van der Waals surface area contributed by atoms with Gasteiger partial charge in [0.15, 0.2) is 0 Å². The van der Waals surface area contributed by atoms with Crippen molar-refractivity contribution >= 4 is 17.4 Å². The molecular formula is C18H22N4O. The van der Waals surface area contributed by atoms with Crippen LogP contribution in [0.15, 0.2) is 36.7 Å². The van der Waals surface area contributed by atoms with Crippen molar-refractivity contribution in [3.8, 4) is 0 Å². The molecule has 1 unspecified atom stereocenters. The van der Waals surface area contributed by atoms with Crippen LogP contribution in [0.25, 0.3) is 0 Å². The van der Waals surface area contributed by atoms with Crippen molar-refractivity contribution in [2.24, 2.45) is 0 Å². The fourth-order valence-corrected chi connectivity index (χ4v) is 2.92. The van der Waals surface area contributed by atoms with E-state index in [-0.39, 0.29) is 11.9 Å². The Balaban J connectivity index is 1.76. The molecule has 0 saturated carbocycles. The van der Waals surface area contributed by atoms with Gasteiger partial charge < -0.3 is 10.2 Å². The monoisotopic (exact) mass is 310 g/mol. The van der Waals surface area contributed by atoms with E-state index in [9.17, 15) is 4.79 Å². The predicted octanol–water partition coefficient (Wildman–Crippen LogP) is 3.28. The first-order chi connectivity index (χ1) is 11.2. The highest BCUT2D eigenvalue weighted by molar-refractivity contribution is 6.06. The fourth-order valence-electron chi connectivity index (χ4n) is 2.92. The lowest BCUT2D eigenvalue weighted by Crippen LogP contribution is -2.36. The number of carbonyl (C=O) groups excluding carboxylic acids is 1. The molecule has 1 amide bonds. The van der Waals surface area contributed by atoms with Crippen molar-refractivity contribution in [1.82, 2.24) is 9.97 Å². The molecule has 2 aromatic rings. The Morgan fingerprint density at radius 3 is 2.87 bits per heavy atom. The van der Waals surface area contributed by atoms with Gasteiger partial charge >= 0.3 is 0 Å². The third-order valence-corrected chi connectivity index (χ3v) is 4.13. The number of amides is 1. The fraction of sp³-hybridized carbons (Fsp3) is 0.389. The topological polar surface area (TPSA) is 58.1 Å². The van der Waals surface area contributed by atoms with Gasteiger partial charge in [-0.2, -0.15) is 0 Å². The quantitative estimate of drug-likeness (QED) is 0.861. The Hall–Kier alpha value is -2.43. The summed E-state index contributed by atoms with van der Waals surface area (Å²) in [6.45, 7) is 5.07. The molecule has 2 heterocycles.